The zero-order valence-corrected chi connectivity index (χ0v) is 22.6. The summed E-state index contributed by atoms with van der Waals surface area (Å²) in [7, 11) is 1.53. The minimum Gasteiger partial charge on any atom is -0.492 e. The summed E-state index contributed by atoms with van der Waals surface area (Å²) in [6.07, 6.45) is 7.94. The highest BCUT2D eigenvalue weighted by Crippen LogP contribution is 2.37. The summed E-state index contributed by atoms with van der Waals surface area (Å²) < 4.78 is 5.51. The number of nitrogens with one attached hydrogen (secondary N) is 3. The Hall–Kier alpha value is -4.14. The lowest BCUT2D eigenvalue weighted by Crippen LogP contribution is -2.10. The number of hydrogen-bond acceptors (Lipinski definition) is 9. The van der Waals surface area contributed by atoms with E-state index < -0.39 is 0 Å². The van der Waals surface area contributed by atoms with Gasteiger partial charge < -0.3 is 20.8 Å². The van der Waals surface area contributed by atoms with Crippen LogP contribution in [0.5, 0.6) is 5.75 Å². The smallest absolute Gasteiger partial charge is 0.173 e. The van der Waals surface area contributed by atoms with Gasteiger partial charge in [-0.1, -0.05) is 26.3 Å². The number of Topliss-reactive ketones (excluding diaryl/α,β-unsaturated/α-hetero) is 1. The van der Waals surface area contributed by atoms with Gasteiger partial charge in [-0.15, -0.1) is 11.7 Å². The van der Waals surface area contributed by atoms with Gasteiger partial charge in [-0.3, -0.25) is 4.79 Å². The minimum absolute atomic E-state index is 0.0362. The summed E-state index contributed by atoms with van der Waals surface area (Å²) >= 11 is 0. The number of carbonyl (C=O) groups is 1. The van der Waals surface area contributed by atoms with Crippen LogP contribution in [0.3, 0.4) is 0 Å². The first-order chi connectivity index (χ1) is 17.8. The lowest BCUT2D eigenvalue weighted by molar-refractivity contribution is 0.0968. The molecule has 1 aliphatic rings. The van der Waals surface area contributed by atoms with Crippen molar-refractivity contribution >= 4 is 34.6 Å². The molecule has 4 rings (SSSR count). The number of carbonyl (C=O) groups excluding carboxylic acids is 1. The number of nitrogens with zero attached hydrogens (tertiary/aromatic N) is 4. The number of hydrogen-bond donors (Lipinski definition) is 3. The Morgan fingerprint density at radius 2 is 1.81 bits per heavy atom. The lowest BCUT2D eigenvalue weighted by atomic mass is 10.1. The van der Waals surface area contributed by atoms with Crippen LogP contribution in [0.2, 0.25) is 0 Å². The van der Waals surface area contributed by atoms with Crippen molar-refractivity contribution in [2.75, 3.05) is 17.7 Å². The molecule has 3 heterocycles. The number of anilines is 4. The largest absolute Gasteiger partial charge is 0.492 e. The second-order valence-electron chi connectivity index (χ2n) is 8.54. The van der Waals surface area contributed by atoms with Crippen molar-refractivity contribution in [2.45, 2.75) is 53.9 Å². The summed E-state index contributed by atoms with van der Waals surface area (Å²) in [5, 5.41) is 22.4. The van der Waals surface area contributed by atoms with E-state index in [0.29, 0.717) is 45.7 Å². The minimum atomic E-state index is 0.0362. The SMILES string of the molecule is C=CC.CCC.COc1c(C(C)=N)ccnc1Nc1cc(Nc2ccc(C)nn2)ncc1C(=O)C1CC1. The van der Waals surface area contributed by atoms with Gasteiger partial charge in [0.25, 0.3) is 0 Å². The topological polar surface area (TPSA) is 126 Å². The Balaban J connectivity index is 0.000000733. The van der Waals surface area contributed by atoms with Crippen LogP contribution < -0.4 is 15.4 Å². The van der Waals surface area contributed by atoms with Crippen LogP contribution in [0, 0.1) is 18.3 Å². The van der Waals surface area contributed by atoms with Gasteiger partial charge in [0.05, 0.1) is 24.1 Å². The standard InChI is InChI=1S/C22H23N7O2.C3H8.C3H6/c1-12-4-7-18(29-28-12)27-19-10-17(16(11-25-19)20(30)14-5-6-14)26-22-21(31-3)15(13(2)23)8-9-24-22;2*1-3-2/h4,7-11,14,23H,5-6H2,1-3H3,(H2,24,25,26,27,29);3H2,1-2H3;3H,1H2,2H3. The molecule has 9 heteroatoms. The molecule has 3 aromatic heterocycles. The van der Waals surface area contributed by atoms with Crippen molar-refractivity contribution in [1.82, 2.24) is 20.2 Å². The third-order valence-electron chi connectivity index (χ3n) is 4.94. The maximum atomic E-state index is 12.8. The molecule has 0 radical (unpaired) electrons. The fourth-order valence-corrected chi connectivity index (χ4v) is 3.15. The van der Waals surface area contributed by atoms with Gasteiger partial charge in [-0.25, -0.2) is 9.97 Å². The number of pyridine rings is 2. The van der Waals surface area contributed by atoms with Crippen LogP contribution in [0.1, 0.15) is 68.6 Å². The van der Waals surface area contributed by atoms with Gasteiger partial charge >= 0.3 is 0 Å². The number of allylic oxidation sites excluding steroid dienone is 1. The molecule has 0 atom stereocenters. The van der Waals surface area contributed by atoms with E-state index in [1.807, 2.05) is 19.9 Å². The van der Waals surface area contributed by atoms with E-state index in [0.717, 1.165) is 18.5 Å². The molecule has 0 amide bonds. The zero-order valence-electron chi connectivity index (χ0n) is 22.6. The molecular weight excluding hydrogens is 466 g/mol. The molecule has 0 unspecified atom stereocenters. The Labute approximate surface area is 219 Å². The first-order valence-corrected chi connectivity index (χ1v) is 12.3. The molecule has 1 aliphatic carbocycles. The van der Waals surface area contributed by atoms with Crippen LogP contribution in [-0.2, 0) is 0 Å². The molecule has 0 aliphatic heterocycles. The number of aryl methyl sites for hydroxylation is 1. The number of ketones is 1. The van der Waals surface area contributed by atoms with E-state index >= 15 is 0 Å². The highest BCUT2D eigenvalue weighted by molar-refractivity contribution is 6.05. The van der Waals surface area contributed by atoms with E-state index in [9.17, 15) is 4.79 Å². The maximum Gasteiger partial charge on any atom is 0.173 e. The van der Waals surface area contributed by atoms with E-state index in [1.54, 1.807) is 43.6 Å². The molecule has 0 saturated heterocycles. The normalized spacial score (nSPS) is 11.6. The average Bonchev–Trinajstić information content (AvgIpc) is 3.72. The van der Waals surface area contributed by atoms with Gasteiger partial charge in [0.15, 0.2) is 23.2 Å². The van der Waals surface area contributed by atoms with E-state index in [4.69, 9.17) is 10.1 Å². The number of ether oxygens (including phenoxy) is 1. The monoisotopic (exact) mass is 503 g/mol. The molecule has 196 valence electrons. The summed E-state index contributed by atoms with van der Waals surface area (Å²) in [6, 6.07) is 7.11. The van der Waals surface area contributed by atoms with Gasteiger partial charge in [-0.2, -0.15) is 5.10 Å². The van der Waals surface area contributed by atoms with E-state index in [2.05, 4.69) is 51.2 Å². The van der Waals surface area contributed by atoms with Crippen molar-refractivity contribution in [3.8, 4) is 5.75 Å². The molecule has 3 N–H and O–H groups in total. The highest BCUT2D eigenvalue weighted by atomic mass is 16.5. The summed E-state index contributed by atoms with van der Waals surface area (Å²) in [5.41, 5.74) is 2.83. The van der Waals surface area contributed by atoms with Crippen molar-refractivity contribution in [3.05, 3.63) is 66.1 Å². The molecule has 37 heavy (non-hydrogen) atoms. The molecule has 0 spiro atoms. The third kappa shape index (κ3) is 8.49. The summed E-state index contributed by atoms with van der Waals surface area (Å²) in [5.74, 6) is 2.00. The van der Waals surface area contributed by atoms with Gasteiger partial charge in [0.2, 0.25) is 0 Å². The predicted molar refractivity (Wildman–Crippen MR) is 150 cm³/mol. The Bertz CT molecular complexity index is 1210. The van der Waals surface area contributed by atoms with E-state index in [1.165, 1.54) is 13.5 Å². The highest BCUT2D eigenvalue weighted by Gasteiger charge is 2.32. The first-order valence-electron chi connectivity index (χ1n) is 12.3. The predicted octanol–water partition coefficient (Wildman–Crippen LogP) is 6.66. The van der Waals surface area contributed by atoms with Crippen molar-refractivity contribution in [1.29, 1.82) is 5.41 Å². The third-order valence-corrected chi connectivity index (χ3v) is 4.94. The quantitative estimate of drug-likeness (QED) is 0.177. The molecule has 9 nitrogen and oxygen atoms in total. The van der Waals surface area contributed by atoms with Crippen molar-refractivity contribution < 1.29 is 9.53 Å². The second-order valence-corrected chi connectivity index (χ2v) is 8.54. The fraction of sp³-hybridized carbons (Fsp3) is 0.357. The molecule has 1 fully saturated rings. The number of aromatic nitrogens is 4. The Kier molecular flexibility index (Phi) is 11.3. The van der Waals surface area contributed by atoms with Crippen LogP contribution in [0.4, 0.5) is 23.1 Å². The molecule has 0 bridgehead atoms. The average molecular weight is 504 g/mol. The molecular formula is C28H37N7O2. The van der Waals surface area contributed by atoms with Crippen LogP contribution in [0.25, 0.3) is 0 Å². The Morgan fingerprint density at radius 1 is 1.14 bits per heavy atom. The first kappa shape index (κ1) is 29.1. The van der Waals surface area contributed by atoms with Crippen LogP contribution in [-0.4, -0.2) is 38.8 Å². The van der Waals surface area contributed by atoms with Gasteiger partial charge in [-0.05, 0) is 51.8 Å². The number of rotatable bonds is 8. The van der Waals surface area contributed by atoms with Crippen LogP contribution in [0.15, 0.2) is 49.3 Å². The maximum absolute atomic E-state index is 12.8. The molecule has 1 saturated carbocycles. The van der Waals surface area contributed by atoms with Crippen molar-refractivity contribution in [3.63, 3.8) is 0 Å². The van der Waals surface area contributed by atoms with Gasteiger partial charge in [0, 0.05) is 35.7 Å². The van der Waals surface area contributed by atoms with E-state index in [-0.39, 0.29) is 11.7 Å². The zero-order chi connectivity index (χ0) is 27.4. The molecule has 3 aromatic rings. The van der Waals surface area contributed by atoms with Crippen molar-refractivity contribution in [2.24, 2.45) is 5.92 Å². The number of methoxy groups -OCH3 is 1. The Morgan fingerprint density at radius 3 is 2.35 bits per heavy atom. The van der Waals surface area contributed by atoms with Crippen LogP contribution >= 0.6 is 0 Å². The summed E-state index contributed by atoms with van der Waals surface area (Å²) in [6.45, 7) is 13.0. The lowest BCUT2D eigenvalue weighted by Gasteiger charge is -2.16. The molecule has 0 aromatic carbocycles. The second kappa shape index (κ2) is 14.4. The summed E-state index contributed by atoms with van der Waals surface area (Å²) in [4.78, 5) is 21.6. The van der Waals surface area contributed by atoms with Gasteiger partial charge in [0.1, 0.15) is 5.82 Å². The fourth-order valence-electron chi connectivity index (χ4n) is 3.15.